The number of benzene rings is 2. The monoisotopic (exact) mass is 246 g/mol. The third-order valence-electron chi connectivity index (χ3n) is 2.75. The zero-order chi connectivity index (χ0) is 13.3. The minimum absolute atomic E-state index is 1.22. The fourth-order valence-corrected chi connectivity index (χ4v) is 1.80. The molecule has 2 rings (SSSR count). The first-order valence-corrected chi connectivity index (χ1v) is 6.48. The smallest absolute Gasteiger partial charge is 0.0254 e. The Morgan fingerprint density at radius 1 is 0.632 bits per heavy atom. The minimum atomic E-state index is 1.22. The average Bonchev–Trinajstić information content (AvgIpc) is 2.44. The molecule has 0 heteroatoms. The summed E-state index contributed by atoms with van der Waals surface area (Å²) in [5, 5.41) is 0. The van der Waals surface area contributed by atoms with E-state index in [1.54, 1.807) is 0 Å². The molecule has 0 nitrogen and oxygen atoms in total. The quantitative estimate of drug-likeness (QED) is 0.644. The molecule has 0 amide bonds. The molecule has 0 radical (unpaired) electrons. The van der Waals surface area contributed by atoms with Crippen molar-refractivity contribution in [2.45, 2.75) is 6.92 Å². The van der Waals surface area contributed by atoms with Crippen LogP contribution in [0.15, 0.2) is 78.9 Å². The first-order valence-electron chi connectivity index (χ1n) is 6.48. The van der Waals surface area contributed by atoms with Crippen molar-refractivity contribution in [2.24, 2.45) is 0 Å². The maximum atomic E-state index is 2.17. The van der Waals surface area contributed by atoms with Crippen LogP contribution in [-0.2, 0) is 0 Å². The molecule has 2 aromatic carbocycles. The lowest BCUT2D eigenvalue weighted by atomic mass is 10.1. The van der Waals surface area contributed by atoms with Crippen LogP contribution in [0.4, 0.5) is 0 Å². The molecular weight excluding hydrogens is 228 g/mol. The molecule has 0 unspecified atom stereocenters. The lowest BCUT2D eigenvalue weighted by molar-refractivity contribution is 1.46. The molecule has 0 saturated heterocycles. The van der Waals surface area contributed by atoms with E-state index in [0.717, 1.165) is 0 Å². The number of allylic oxidation sites excluding steroid dienone is 4. The standard InChI is InChI=1S/C19H18/c1-17-10-9-15-19(16-17)14-6-3-2-5-11-18-12-7-4-8-13-18/h2-16H,1H3. The lowest BCUT2D eigenvalue weighted by Gasteiger charge is -1.93. The van der Waals surface area contributed by atoms with Crippen molar-refractivity contribution in [1.82, 2.24) is 0 Å². The molecule has 0 bridgehead atoms. The minimum Gasteiger partial charge on any atom is -0.0622 e. The summed E-state index contributed by atoms with van der Waals surface area (Å²) >= 11 is 0. The molecule has 2 aromatic rings. The zero-order valence-corrected chi connectivity index (χ0v) is 11.2. The molecule has 0 aliphatic carbocycles. The third kappa shape index (κ3) is 4.81. The van der Waals surface area contributed by atoms with Gasteiger partial charge in [0.25, 0.3) is 0 Å². The van der Waals surface area contributed by atoms with E-state index in [1.807, 2.05) is 30.4 Å². The van der Waals surface area contributed by atoms with Crippen LogP contribution >= 0.6 is 0 Å². The zero-order valence-electron chi connectivity index (χ0n) is 11.2. The first-order chi connectivity index (χ1) is 9.34. The highest BCUT2D eigenvalue weighted by atomic mass is 13.9. The van der Waals surface area contributed by atoms with Gasteiger partial charge in [0, 0.05) is 0 Å². The average molecular weight is 246 g/mol. The summed E-state index contributed by atoms with van der Waals surface area (Å²) in [7, 11) is 0. The fourth-order valence-electron chi connectivity index (χ4n) is 1.80. The Bertz CT molecular complexity index is 586. The van der Waals surface area contributed by atoms with Gasteiger partial charge < -0.3 is 0 Å². The molecule has 0 fully saturated rings. The maximum absolute atomic E-state index is 2.17. The van der Waals surface area contributed by atoms with Gasteiger partial charge in [-0.1, -0.05) is 96.6 Å². The molecular formula is C19H18. The highest BCUT2D eigenvalue weighted by molar-refractivity contribution is 5.53. The van der Waals surface area contributed by atoms with E-state index >= 15 is 0 Å². The molecule has 0 aromatic heterocycles. The second kappa shape index (κ2) is 7.17. The van der Waals surface area contributed by atoms with Crippen molar-refractivity contribution >= 4 is 12.2 Å². The van der Waals surface area contributed by atoms with Crippen LogP contribution in [0.2, 0.25) is 0 Å². The lowest BCUT2D eigenvalue weighted by Crippen LogP contribution is -1.73. The van der Waals surface area contributed by atoms with E-state index in [4.69, 9.17) is 0 Å². The number of rotatable bonds is 4. The molecule has 0 atom stereocenters. The van der Waals surface area contributed by atoms with Crippen LogP contribution in [0.3, 0.4) is 0 Å². The summed E-state index contributed by atoms with van der Waals surface area (Å²) in [4.78, 5) is 0. The fraction of sp³-hybridized carbons (Fsp3) is 0.0526. The first kappa shape index (κ1) is 13.1. The molecule has 94 valence electrons. The Hall–Kier alpha value is -2.34. The second-order valence-corrected chi connectivity index (χ2v) is 4.43. The molecule has 0 saturated carbocycles. The molecule has 0 aliphatic rings. The van der Waals surface area contributed by atoms with Gasteiger partial charge in [-0.25, -0.2) is 0 Å². The van der Waals surface area contributed by atoms with E-state index in [-0.39, 0.29) is 0 Å². The van der Waals surface area contributed by atoms with Gasteiger partial charge in [0.05, 0.1) is 0 Å². The summed E-state index contributed by atoms with van der Waals surface area (Å²) < 4.78 is 0. The molecule has 0 heterocycles. The van der Waals surface area contributed by atoms with Crippen molar-refractivity contribution in [2.75, 3.05) is 0 Å². The van der Waals surface area contributed by atoms with Gasteiger partial charge in [0.1, 0.15) is 0 Å². The summed E-state index contributed by atoms with van der Waals surface area (Å²) in [5.74, 6) is 0. The summed E-state index contributed by atoms with van der Waals surface area (Å²) in [5.41, 5.74) is 3.74. The van der Waals surface area contributed by atoms with Gasteiger partial charge in [-0.3, -0.25) is 0 Å². The molecule has 0 spiro atoms. The molecule has 0 N–H and O–H groups in total. The molecule has 0 aliphatic heterocycles. The Balaban J connectivity index is 1.89. The van der Waals surface area contributed by atoms with Gasteiger partial charge in [-0.05, 0) is 18.1 Å². The normalized spacial score (nSPS) is 11.8. The highest BCUT2D eigenvalue weighted by Crippen LogP contribution is 2.06. The van der Waals surface area contributed by atoms with E-state index in [0.29, 0.717) is 0 Å². The maximum Gasteiger partial charge on any atom is -0.0254 e. The van der Waals surface area contributed by atoms with Crippen molar-refractivity contribution in [3.8, 4) is 0 Å². The summed E-state index contributed by atoms with van der Waals surface area (Å²) in [6, 6.07) is 18.8. The van der Waals surface area contributed by atoms with Crippen LogP contribution in [0.25, 0.3) is 12.2 Å². The van der Waals surface area contributed by atoms with Crippen LogP contribution in [0.5, 0.6) is 0 Å². The van der Waals surface area contributed by atoms with Gasteiger partial charge >= 0.3 is 0 Å². The van der Waals surface area contributed by atoms with E-state index in [2.05, 4.69) is 67.6 Å². The van der Waals surface area contributed by atoms with Crippen molar-refractivity contribution in [1.29, 1.82) is 0 Å². The summed E-state index contributed by atoms with van der Waals surface area (Å²) in [6.07, 6.45) is 12.4. The number of hydrogen-bond donors (Lipinski definition) is 0. The van der Waals surface area contributed by atoms with Crippen LogP contribution in [0.1, 0.15) is 16.7 Å². The Morgan fingerprint density at radius 2 is 1.26 bits per heavy atom. The van der Waals surface area contributed by atoms with Gasteiger partial charge in [0.2, 0.25) is 0 Å². The van der Waals surface area contributed by atoms with Crippen LogP contribution in [-0.4, -0.2) is 0 Å². The van der Waals surface area contributed by atoms with Crippen molar-refractivity contribution in [3.05, 3.63) is 95.6 Å². The number of hydrogen-bond acceptors (Lipinski definition) is 0. The topological polar surface area (TPSA) is 0 Å². The van der Waals surface area contributed by atoms with Gasteiger partial charge in [-0.15, -0.1) is 0 Å². The summed E-state index contributed by atoms with van der Waals surface area (Å²) in [6.45, 7) is 2.11. The van der Waals surface area contributed by atoms with E-state index < -0.39 is 0 Å². The predicted octanol–water partition coefficient (Wildman–Crippen LogP) is 5.28. The van der Waals surface area contributed by atoms with Gasteiger partial charge in [0.15, 0.2) is 0 Å². The van der Waals surface area contributed by atoms with Crippen LogP contribution in [0, 0.1) is 6.92 Å². The Morgan fingerprint density at radius 3 is 1.95 bits per heavy atom. The Labute approximate surface area is 115 Å². The number of aryl methyl sites for hydroxylation is 1. The Kier molecular flexibility index (Phi) is 4.95. The van der Waals surface area contributed by atoms with E-state index in [9.17, 15) is 0 Å². The highest BCUT2D eigenvalue weighted by Gasteiger charge is 1.85. The van der Waals surface area contributed by atoms with Gasteiger partial charge in [-0.2, -0.15) is 0 Å². The van der Waals surface area contributed by atoms with Crippen molar-refractivity contribution in [3.63, 3.8) is 0 Å². The van der Waals surface area contributed by atoms with Crippen molar-refractivity contribution < 1.29 is 0 Å². The predicted molar refractivity (Wildman–Crippen MR) is 84.8 cm³/mol. The van der Waals surface area contributed by atoms with E-state index in [1.165, 1.54) is 16.7 Å². The largest absolute Gasteiger partial charge is 0.0622 e. The molecule has 19 heavy (non-hydrogen) atoms. The van der Waals surface area contributed by atoms with Crippen LogP contribution < -0.4 is 0 Å². The second-order valence-electron chi connectivity index (χ2n) is 4.43. The third-order valence-corrected chi connectivity index (χ3v) is 2.75. The SMILES string of the molecule is Cc1cccc(C=CC=CC=Cc2ccccc2)c1.